The highest BCUT2D eigenvalue weighted by Crippen LogP contribution is 2.27. The number of nitrogens with one attached hydrogen (secondary N) is 1. The number of anilines is 1. The molecule has 1 aromatic carbocycles. The van der Waals surface area contributed by atoms with Crippen LogP contribution in [0.4, 0.5) is 5.82 Å². The SMILES string of the molecule is O=C(Nc1ccc(Cl)cn1)c1cc2cccc(Br)c2o1. The van der Waals surface area contributed by atoms with E-state index in [4.69, 9.17) is 16.0 Å². The van der Waals surface area contributed by atoms with Crippen molar-refractivity contribution in [1.29, 1.82) is 0 Å². The molecule has 0 saturated heterocycles. The number of halogens is 2. The van der Waals surface area contributed by atoms with Gasteiger partial charge in [0.05, 0.1) is 9.50 Å². The summed E-state index contributed by atoms with van der Waals surface area (Å²) in [6.07, 6.45) is 1.46. The highest BCUT2D eigenvalue weighted by molar-refractivity contribution is 9.10. The van der Waals surface area contributed by atoms with Crippen molar-refractivity contribution in [3.05, 3.63) is 57.9 Å². The third-order valence-corrected chi connectivity index (χ3v) is 3.54. The summed E-state index contributed by atoms with van der Waals surface area (Å²) >= 11 is 9.12. The second kappa shape index (κ2) is 5.26. The zero-order valence-electron chi connectivity index (χ0n) is 10.1. The van der Waals surface area contributed by atoms with E-state index in [0.717, 1.165) is 9.86 Å². The Bertz CT molecular complexity index is 783. The van der Waals surface area contributed by atoms with E-state index in [2.05, 4.69) is 26.2 Å². The van der Waals surface area contributed by atoms with Crippen LogP contribution < -0.4 is 5.32 Å². The molecule has 0 unspecified atom stereocenters. The Labute approximate surface area is 127 Å². The van der Waals surface area contributed by atoms with E-state index in [-0.39, 0.29) is 11.7 Å². The van der Waals surface area contributed by atoms with Gasteiger partial charge in [-0.05, 0) is 40.2 Å². The molecule has 0 spiro atoms. The number of benzene rings is 1. The number of hydrogen-bond acceptors (Lipinski definition) is 3. The molecule has 0 aliphatic carbocycles. The van der Waals surface area contributed by atoms with Crippen LogP contribution in [0.15, 0.2) is 51.5 Å². The van der Waals surface area contributed by atoms with Gasteiger partial charge in [0.1, 0.15) is 11.4 Å². The Morgan fingerprint density at radius 2 is 2.15 bits per heavy atom. The quantitative estimate of drug-likeness (QED) is 0.740. The van der Waals surface area contributed by atoms with E-state index in [9.17, 15) is 4.79 Å². The maximum absolute atomic E-state index is 12.1. The van der Waals surface area contributed by atoms with Crippen molar-refractivity contribution in [3.8, 4) is 0 Å². The van der Waals surface area contributed by atoms with Gasteiger partial charge < -0.3 is 9.73 Å². The lowest BCUT2D eigenvalue weighted by Crippen LogP contribution is -2.11. The van der Waals surface area contributed by atoms with Gasteiger partial charge in [-0.15, -0.1) is 0 Å². The van der Waals surface area contributed by atoms with Gasteiger partial charge in [0.2, 0.25) is 0 Å². The molecular weight excluding hydrogens is 344 g/mol. The minimum atomic E-state index is -0.358. The lowest BCUT2D eigenvalue weighted by atomic mass is 10.2. The Morgan fingerprint density at radius 1 is 1.30 bits per heavy atom. The maximum Gasteiger partial charge on any atom is 0.292 e. The number of nitrogens with zero attached hydrogens (tertiary/aromatic N) is 1. The first-order chi connectivity index (χ1) is 9.63. The maximum atomic E-state index is 12.1. The van der Waals surface area contributed by atoms with Crippen molar-refractivity contribution >= 4 is 50.2 Å². The van der Waals surface area contributed by atoms with Gasteiger partial charge in [0.25, 0.3) is 5.91 Å². The van der Waals surface area contributed by atoms with Gasteiger partial charge in [0, 0.05) is 11.6 Å². The van der Waals surface area contributed by atoms with Gasteiger partial charge in [-0.3, -0.25) is 4.79 Å². The van der Waals surface area contributed by atoms with Crippen molar-refractivity contribution in [3.63, 3.8) is 0 Å². The van der Waals surface area contributed by atoms with E-state index in [0.29, 0.717) is 16.4 Å². The number of hydrogen-bond donors (Lipinski definition) is 1. The minimum Gasteiger partial charge on any atom is -0.450 e. The summed E-state index contributed by atoms with van der Waals surface area (Å²) in [4.78, 5) is 16.1. The first kappa shape index (κ1) is 13.1. The normalized spacial score (nSPS) is 10.7. The summed E-state index contributed by atoms with van der Waals surface area (Å²) < 4.78 is 6.35. The summed E-state index contributed by atoms with van der Waals surface area (Å²) in [5, 5.41) is 4.01. The summed E-state index contributed by atoms with van der Waals surface area (Å²) in [7, 11) is 0. The summed E-state index contributed by atoms with van der Waals surface area (Å²) in [5.74, 6) is 0.283. The molecule has 0 saturated carbocycles. The lowest BCUT2D eigenvalue weighted by Gasteiger charge is -2.01. The fourth-order valence-corrected chi connectivity index (χ4v) is 2.34. The van der Waals surface area contributed by atoms with Crippen molar-refractivity contribution in [2.24, 2.45) is 0 Å². The summed E-state index contributed by atoms with van der Waals surface area (Å²) in [5.41, 5.74) is 0.640. The zero-order valence-corrected chi connectivity index (χ0v) is 12.4. The van der Waals surface area contributed by atoms with Gasteiger partial charge >= 0.3 is 0 Å². The topological polar surface area (TPSA) is 55.1 Å². The number of furan rings is 1. The van der Waals surface area contributed by atoms with E-state index in [1.807, 2.05) is 18.2 Å². The first-order valence-corrected chi connectivity index (χ1v) is 6.91. The van der Waals surface area contributed by atoms with Crippen LogP contribution in [-0.4, -0.2) is 10.9 Å². The predicted molar refractivity (Wildman–Crippen MR) is 81.1 cm³/mol. The standard InChI is InChI=1S/C14H8BrClN2O2/c15-10-3-1-2-8-6-11(20-13(8)10)14(19)18-12-5-4-9(16)7-17-12/h1-7H,(H,17,18,19). The molecule has 0 fully saturated rings. The van der Waals surface area contributed by atoms with Crippen molar-refractivity contribution in [1.82, 2.24) is 4.98 Å². The summed E-state index contributed by atoms with van der Waals surface area (Å²) in [6.45, 7) is 0. The number of rotatable bonds is 2. The molecule has 20 heavy (non-hydrogen) atoms. The molecule has 0 aliphatic rings. The molecular formula is C14H8BrClN2O2. The van der Waals surface area contributed by atoms with Crippen LogP contribution in [0.25, 0.3) is 11.0 Å². The highest BCUT2D eigenvalue weighted by Gasteiger charge is 2.14. The van der Waals surface area contributed by atoms with Gasteiger partial charge in [-0.2, -0.15) is 0 Å². The molecule has 0 bridgehead atoms. The third kappa shape index (κ3) is 2.55. The van der Waals surface area contributed by atoms with Crippen LogP contribution in [0.3, 0.4) is 0 Å². The van der Waals surface area contributed by atoms with Gasteiger partial charge in [0.15, 0.2) is 5.76 Å². The third-order valence-electron chi connectivity index (χ3n) is 2.69. The van der Waals surface area contributed by atoms with Crippen molar-refractivity contribution in [2.45, 2.75) is 0 Å². The molecule has 4 nitrogen and oxygen atoms in total. The fourth-order valence-electron chi connectivity index (χ4n) is 1.77. The fraction of sp³-hybridized carbons (Fsp3) is 0. The lowest BCUT2D eigenvalue weighted by molar-refractivity contribution is 0.0998. The molecule has 2 aromatic heterocycles. The van der Waals surface area contributed by atoms with Crippen molar-refractivity contribution in [2.75, 3.05) is 5.32 Å². The van der Waals surface area contributed by atoms with E-state index < -0.39 is 0 Å². The molecule has 1 N–H and O–H groups in total. The molecule has 100 valence electrons. The van der Waals surface area contributed by atoms with Crippen molar-refractivity contribution < 1.29 is 9.21 Å². The summed E-state index contributed by atoms with van der Waals surface area (Å²) in [6, 6.07) is 10.6. The van der Waals surface area contributed by atoms with E-state index >= 15 is 0 Å². The molecule has 2 heterocycles. The Morgan fingerprint density at radius 3 is 2.85 bits per heavy atom. The number of carbonyl (C=O) groups excluding carboxylic acids is 1. The monoisotopic (exact) mass is 350 g/mol. The Kier molecular flexibility index (Phi) is 3.46. The number of amides is 1. The second-order valence-corrected chi connectivity index (χ2v) is 5.38. The van der Waals surface area contributed by atoms with E-state index in [1.165, 1.54) is 6.20 Å². The van der Waals surface area contributed by atoms with E-state index in [1.54, 1.807) is 18.2 Å². The molecule has 3 aromatic rings. The largest absolute Gasteiger partial charge is 0.450 e. The first-order valence-electron chi connectivity index (χ1n) is 5.74. The van der Waals surface area contributed by atoms with Crippen LogP contribution in [0.5, 0.6) is 0 Å². The predicted octanol–water partition coefficient (Wildman–Crippen LogP) is 4.50. The molecule has 0 radical (unpaired) electrons. The van der Waals surface area contributed by atoms with Crippen LogP contribution in [0, 0.1) is 0 Å². The zero-order chi connectivity index (χ0) is 14.1. The number of carbonyl (C=O) groups is 1. The smallest absolute Gasteiger partial charge is 0.292 e. The highest BCUT2D eigenvalue weighted by atomic mass is 79.9. The number of pyridine rings is 1. The van der Waals surface area contributed by atoms with Crippen LogP contribution in [0.2, 0.25) is 5.02 Å². The van der Waals surface area contributed by atoms with Crippen LogP contribution in [-0.2, 0) is 0 Å². The Hall–Kier alpha value is -1.85. The van der Waals surface area contributed by atoms with Crippen LogP contribution >= 0.6 is 27.5 Å². The van der Waals surface area contributed by atoms with Gasteiger partial charge in [-0.25, -0.2) is 4.98 Å². The molecule has 0 aliphatic heterocycles. The minimum absolute atomic E-state index is 0.226. The number of para-hydroxylation sites is 1. The number of aromatic nitrogens is 1. The number of fused-ring (bicyclic) bond motifs is 1. The average Bonchev–Trinajstić information content (AvgIpc) is 2.87. The molecule has 0 atom stereocenters. The molecule has 3 rings (SSSR count). The van der Waals surface area contributed by atoms with Crippen LogP contribution in [0.1, 0.15) is 10.6 Å². The van der Waals surface area contributed by atoms with Gasteiger partial charge in [-0.1, -0.05) is 23.7 Å². The average molecular weight is 352 g/mol. The second-order valence-electron chi connectivity index (χ2n) is 4.08. The Balaban J connectivity index is 1.89. The molecule has 1 amide bonds. The molecule has 6 heteroatoms.